The lowest BCUT2D eigenvalue weighted by molar-refractivity contribution is -0.167. The summed E-state index contributed by atoms with van der Waals surface area (Å²) >= 11 is 0. The van der Waals surface area contributed by atoms with Gasteiger partial charge in [0, 0.05) is 19.3 Å². The Hall–Kier alpha value is -1.59. The van der Waals surface area contributed by atoms with E-state index < -0.39 is 6.10 Å². The van der Waals surface area contributed by atoms with Gasteiger partial charge in [0.25, 0.3) is 0 Å². The molecule has 0 N–H and O–H groups in total. The van der Waals surface area contributed by atoms with Crippen LogP contribution in [0.5, 0.6) is 0 Å². The second-order valence-corrected chi connectivity index (χ2v) is 15.8. The molecular weight excluding hydrogens is 636 g/mol. The highest BCUT2D eigenvalue weighted by atomic mass is 16.6. The minimum atomic E-state index is -0.756. The maximum absolute atomic E-state index is 12.6. The van der Waals surface area contributed by atoms with Crippen molar-refractivity contribution in [2.75, 3.05) is 13.2 Å². The number of esters is 3. The maximum atomic E-state index is 12.6. The lowest BCUT2D eigenvalue weighted by Crippen LogP contribution is -2.30. The summed E-state index contributed by atoms with van der Waals surface area (Å²) in [5.74, 6) is -0.0185. The molecule has 0 aliphatic heterocycles. The molecule has 0 amide bonds. The molecule has 0 aromatic heterocycles. The lowest BCUT2D eigenvalue weighted by Gasteiger charge is -2.18. The van der Waals surface area contributed by atoms with E-state index in [1.807, 2.05) is 0 Å². The van der Waals surface area contributed by atoms with Gasteiger partial charge in [-0.3, -0.25) is 14.4 Å². The third-order valence-corrected chi connectivity index (χ3v) is 10.0. The molecule has 0 aliphatic carbocycles. The van der Waals surface area contributed by atoms with Crippen molar-refractivity contribution in [3.63, 3.8) is 0 Å². The molecular formula is C45H86O6. The third-order valence-electron chi connectivity index (χ3n) is 10.0. The van der Waals surface area contributed by atoms with Crippen molar-refractivity contribution in [3.8, 4) is 0 Å². The summed E-state index contributed by atoms with van der Waals surface area (Å²) in [5, 5.41) is 0. The first-order valence-electron chi connectivity index (χ1n) is 22.4. The van der Waals surface area contributed by atoms with Gasteiger partial charge in [0.15, 0.2) is 6.10 Å². The highest BCUT2D eigenvalue weighted by Crippen LogP contribution is 2.16. The van der Waals surface area contributed by atoms with E-state index in [4.69, 9.17) is 14.2 Å². The summed E-state index contributed by atoms with van der Waals surface area (Å²) in [6, 6.07) is 0. The number of carbonyl (C=O) groups excluding carboxylic acids is 3. The van der Waals surface area contributed by atoms with Crippen LogP contribution >= 0.6 is 0 Å². The number of hydrogen-bond donors (Lipinski definition) is 0. The molecule has 0 fully saturated rings. The SMILES string of the molecule is CCCCCCCCCC(=O)OC[C@@H](COC(=O)CCCCCCC)OC(=O)CCCCCCCCCCCCCCCCCCCCC(C)C. The third kappa shape index (κ3) is 39.5. The second kappa shape index (κ2) is 39.6. The van der Waals surface area contributed by atoms with Gasteiger partial charge in [-0.2, -0.15) is 0 Å². The van der Waals surface area contributed by atoms with Crippen molar-refractivity contribution in [1.29, 1.82) is 0 Å². The normalized spacial score (nSPS) is 11.9. The zero-order valence-electron chi connectivity index (χ0n) is 34.6. The Kier molecular flexibility index (Phi) is 38.4. The van der Waals surface area contributed by atoms with Crippen LogP contribution in [0, 0.1) is 5.92 Å². The van der Waals surface area contributed by atoms with E-state index >= 15 is 0 Å². The summed E-state index contributed by atoms with van der Waals surface area (Å²) in [7, 11) is 0. The van der Waals surface area contributed by atoms with Crippen LogP contribution in [0.4, 0.5) is 0 Å². The Balaban J connectivity index is 4.02. The Morgan fingerprint density at radius 1 is 0.373 bits per heavy atom. The van der Waals surface area contributed by atoms with E-state index in [1.165, 1.54) is 135 Å². The highest BCUT2D eigenvalue weighted by Gasteiger charge is 2.19. The van der Waals surface area contributed by atoms with E-state index in [9.17, 15) is 14.4 Å². The zero-order valence-corrected chi connectivity index (χ0v) is 34.6. The molecule has 0 aromatic rings. The summed E-state index contributed by atoms with van der Waals surface area (Å²) in [5.41, 5.74) is 0. The molecule has 0 heterocycles. The summed E-state index contributed by atoms with van der Waals surface area (Å²) < 4.78 is 16.5. The predicted molar refractivity (Wildman–Crippen MR) is 215 cm³/mol. The van der Waals surface area contributed by atoms with Crippen molar-refractivity contribution < 1.29 is 28.6 Å². The van der Waals surface area contributed by atoms with Gasteiger partial charge in [-0.15, -0.1) is 0 Å². The molecule has 51 heavy (non-hydrogen) atoms. The van der Waals surface area contributed by atoms with Crippen molar-refractivity contribution in [3.05, 3.63) is 0 Å². The zero-order chi connectivity index (χ0) is 37.5. The first-order valence-corrected chi connectivity index (χ1v) is 22.4. The van der Waals surface area contributed by atoms with E-state index in [-0.39, 0.29) is 31.1 Å². The van der Waals surface area contributed by atoms with Gasteiger partial charge in [-0.05, 0) is 25.2 Å². The van der Waals surface area contributed by atoms with Crippen LogP contribution in [-0.2, 0) is 28.6 Å². The number of carbonyl (C=O) groups is 3. The van der Waals surface area contributed by atoms with Gasteiger partial charge in [0.05, 0.1) is 0 Å². The molecule has 0 saturated heterocycles. The molecule has 0 aromatic carbocycles. The summed E-state index contributed by atoms with van der Waals surface area (Å²) in [4.78, 5) is 37.2. The molecule has 1 atom stereocenters. The standard InChI is InChI=1S/C45H86O6/c1-5-7-9-11-24-29-33-37-44(47)50-40-42(39-49-43(46)36-32-27-10-8-6-2)51-45(48)38-34-30-26-23-21-19-17-15-13-12-14-16-18-20-22-25-28-31-35-41(3)4/h41-42H,5-40H2,1-4H3/t42-/m1/s1. The monoisotopic (exact) mass is 723 g/mol. The van der Waals surface area contributed by atoms with E-state index in [0.717, 1.165) is 70.1 Å². The second-order valence-electron chi connectivity index (χ2n) is 15.8. The fraction of sp³-hybridized carbons (Fsp3) is 0.933. The predicted octanol–water partition coefficient (Wildman–Crippen LogP) is 13.9. The van der Waals surface area contributed by atoms with E-state index in [0.29, 0.717) is 19.3 Å². The van der Waals surface area contributed by atoms with Crippen LogP contribution in [0.3, 0.4) is 0 Å². The molecule has 0 unspecified atom stereocenters. The summed E-state index contributed by atoms with van der Waals surface area (Å²) in [6.07, 6.45) is 38.5. The molecule has 302 valence electrons. The molecule has 0 rings (SSSR count). The van der Waals surface area contributed by atoms with Gasteiger partial charge in [0.1, 0.15) is 13.2 Å². The molecule has 6 nitrogen and oxygen atoms in total. The Bertz CT molecular complexity index is 766. The Morgan fingerprint density at radius 2 is 0.647 bits per heavy atom. The minimum Gasteiger partial charge on any atom is -0.462 e. The van der Waals surface area contributed by atoms with Crippen LogP contribution in [-0.4, -0.2) is 37.2 Å². The fourth-order valence-electron chi connectivity index (χ4n) is 6.63. The fourth-order valence-corrected chi connectivity index (χ4v) is 6.63. The molecule has 0 aliphatic rings. The van der Waals surface area contributed by atoms with Crippen LogP contribution < -0.4 is 0 Å². The topological polar surface area (TPSA) is 78.9 Å². The smallest absolute Gasteiger partial charge is 0.306 e. The average Bonchev–Trinajstić information content (AvgIpc) is 3.11. The largest absolute Gasteiger partial charge is 0.462 e. The number of unbranched alkanes of at least 4 members (excludes halogenated alkanes) is 27. The number of ether oxygens (including phenoxy) is 3. The van der Waals surface area contributed by atoms with Gasteiger partial charge in [-0.1, -0.05) is 207 Å². The Morgan fingerprint density at radius 3 is 0.961 bits per heavy atom. The molecule has 0 radical (unpaired) electrons. The quantitative estimate of drug-likeness (QED) is 0.0356. The Labute approximate surface area is 317 Å². The van der Waals surface area contributed by atoms with Gasteiger partial charge >= 0.3 is 17.9 Å². The molecule has 6 heteroatoms. The van der Waals surface area contributed by atoms with Gasteiger partial charge in [0.2, 0.25) is 0 Å². The van der Waals surface area contributed by atoms with Gasteiger partial charge < -0.3 is 14.2 Å². The lowest BCUT2D eigenvalue weighted by atomic mass is 10.0. The first kappa shape index (κ1) is 49.4. The first-order chi connectivity index (χ1) is 24.9. The van der Waals surface area contributed by atoms with E-state index in [2.05, 4.69) is 27.7 Å². The van der Waals surface area contributed by atoms with E-state index in [1.54, 1.807) is 0 Å². The molecule has 0 saturated carbocycles. The van der Waals surface area contributed by atoms with Crippen LogP contribution in [0.2, 0.25) is 0 Å². The molecule has 0 spiro atoms. The maximum Gasteiger partial charge on any atom is 0.306 e. The van der Waals surface area contributed by atoms with Gasteiger partial charge in [-0.25, -0.2) is 0 Å². The van der Waals surface area contributed by atoms with Crippen molar-refractivity contribution in [2.24, 2.45) is 5.92 Å². The highest BCUT2D eigenvalue weighted by molar-refractivity contribution is 5.71. The minimum absolute atomic E-state index is 0.0658. The van der Waals surface area contributed by atoms with Crippen molar-refractivity contribution >= 4 is 17.9 Å². The van der Waals surface area contributed by atoms with Crippen LogP contribution in [0.25, 0.3) is 0 Å². The molecule has 0 bridgehead atoms. The summed E-state index contributed by atoms with van der Waals surface area (Å²) in [6.45, 7) is 8.89. The van der Waals surface area contributed by atoms with Crippen LogP contribution in [0.15, 0.2) is 0 Å². The van der Waals surface area contributed by atoms with Crippen molar-refractivity contribution in [2.45, 2.75) is 252 Å². The van der Waals surface area contributed by atoms with Crippen LogP contribution in [0.1, 0.15) is 246 Å². The average molecular weight is 723 g/mol. The number of hydrogen-bond acceptors (Lipinski definition) is 6. The van der Waals surface area contributed by atoms with Crippen molar-refractivity contribution in [1.82, 2.24) is 0 Å². The number of rotatable bonds is 40.